The highest BCUT2D eigenvalue weighted by atomic mass is 79.9. The van der Waals surface area contributed by atoms with E-state index in [0.29, 0.717) is 0 Å². The minimum absolute atomic E-state index is 0.360. The third-order valence-electron chi connectivity index (χ3n) is 3.53. The Labute approximate surface area is 131 Å². The molecule has 0 saturated carbocycles. The first-order chi connectivity index (χ1) is 10.1. The van der Waals surface area contributed by atoms with E-state index in [2.05, 4.69) is 28.9 Å². The van der Waals surface area contributed by atoms with E-state index in [0.717, 1.165) is 32.5 Å². The van der Waals surface area contributed by atoms with Crippen LogP contribution in [0.15, 0.2) is 51.4 Å². The molecule has 0 saturated heterocycles. The molecule has 0 radical (unpaired) electrons. The van der Waals surface area contributed by atoms with E-state index in [1.165, 1.54) is 5.56 Å². The number of furan rings is 1. The Morgan fingerprint density at radius 1 is 1.14 bits per heavy atom. The van der Waals surface area contributed by atoms with E-state index in [-0.39, 0.29) is 6.04 Å². The highest BCUT2D eigenvalue weighted by Gasteiger charge is 2.18. The van der Waals surface area contributed by atoms with Gasteiger partial charge in [-0.3, -0.25) is 0 Å². The number of methoxy groups -OCH3 is 1. The molecule has 0 aliphatic rings. The van der Waals surface area contributed by atoms with Crippen molar-refractivity contribution in [3.8, 4) is 5.75 Å². The molecule has 1 heterocycles. The van der Waals surface area contributed by atoms with Crippen molar-refractivity contribution in [2.75, 3.05) is 7.11 Å². The second-order valence-corrected chi connectivity index (χ2v) is 5.97. The van der Waals surface area contributed by atoms with E-state index in [1.54, 1.807) is 7.11 Å². The van der Waals surface area contributed by atoms with Crippen LogP contribution < -0.4 is 10.5 Å². The van der Waals surface area contributed by atoms with Crippen LogP contribution in [0.4, 0.5) is 0 Å². The smallest absolute Gasteiger partial charge is 0.134 e. The highest BCUT2D eigenvalue weighted by molar-refractivity contribution is 9.10. The topological polar surface area (TPSA) is 48.4 Å². The minimum Gasteiger partial charge on any atom is -0.496 e. The number of aryl methyl sites for hydroxylation is 1. The van der Waals surface area contributed by atoms with Crippen LogP contribution in [0.1, 0.15) is 22.9 Å². The van der Waals surface area contributed by atoms with Crippen LogP contribution >= 0.6 is 15.9 Å². The number of rotatable bonds is 3. The first kappa shape index (κ1) is 14.2. The van der Waals surface area contributed by atoms with Gasteiger partial charge in [-0.2, -0.15) is 0 Å². The van der Waals surface area contributed by atoms with E-state index < -0.39 is 0 Å². The Hall–Kier alpha value is -1.78. The van der Waals surface area contributed by atoms with Crippen molar-refractivity contribution in [3.63, 3.8) is 0 Å². The predicted molar refractivity (Wildman–Crippen MR) is 87.7 cm³/mol. The zero-order valence-electron chi connectivity index (χ0n) is 11.9. The molecular weight excluding hydrogens is 330 g/mol. The van der Waals surface area contributed by atoms with Crippen molar-refractivity contribution in [2.45, 2.75) is 13.0 Å². The quantitative estimate of drug-likeness (QED) is 0.756. The zero-order chi connectivity index (χ0) is 15.0. The van der Waals surface area contributed by atoms with E-state index in [1.807, 2.05) is 36.4 Å². The fraction of sp³-hybridized carbons (Fsp3) is 0.176. The van der Waals surface area contributed by atoms with Crippen molar-refractivity contribution in [1.29, 1.82) is 0 Å². The second kappa shape index (κ2) is 5.54. The largest absolute Gasteiger partial charge is 0.496 e. The maximum Gasteiger partial charge on any atom is 0.134 e. The molecule has 0 aliphatic heterocycles. The molecule has 21 heavy (non-hydrogen) atoms. The molecule has 108 valence electrons. The lowest BCUT2D eigenvalue weighted by atomic mass is 10.0. The van der Waals surface area contributed by atoms with Gasteiger partial charge in [-0.05, 0) is 37.3 Å². The SMILES string of the molecule is COc1cc(Br)ccc1C(N)c1cc2cc(C)ccc2o1. The number of benzene rings is 2. The summed E-state index contributed by atoms with van der Waals surface area (Å²) in [6, 6.07) is 13.5. The summed E-state index contributed by atoms with van der Waals surface area (Å²) in [5.74, 6) is 1.48. The molecule has 3 aromatic rings. The zero-order valence-corrected chi connectivity index (χ0v) is 13.5. The number of hydrogen-bond acceptors (Lipinski definition) is 3. The number of ether oxygens (including phenoxy) is 1. The number of hydrogen-bond donors (Lipinski definition) is 1. The Balaban J connectivity index is 2.05. The molecule has 2 aromatic carbocycles. The van der Waals surface area contributed by atoms with Gasteiger partial charge in [0.1, 0.15) is 17.1 Å². The standard InChI is InChI=1S/C17H16BrNO2/c1-10-3-6-14-11(7-10)8-16(21-14)17(19)13-5-4-12(18)9-15(13)20-2/h3-9,17H,19H2,1-2H3. The second-order valence-electron chi connectivity index (χ2n) is 5.05. The fourth-order valence-corrected chi connectivity index (χ4v) is 2.77. The molecule has 1 unspecified atom stereocenters. The van der Waals surface area contributed by atoms with E-state index in [9.17, 15) is 0 Å². The van der Waals surface area contributed by atoms with Crippen LogP contribution in [0.5, 0.6) is 5.75 Å². The van der Waals surface area contributed by atoms with Crippen LogP contribution in [0.2, 0.25) is 0 Å². The molecule has 1 atom stereocenters. The van der Waals surface area contributed by atoms with Crippen LogP contribution in [0, 0.1) is 6.92 Å². The van der Waals surface area contributed by atoms with E-state index >= 15 is 0 Å². The summed E-state index contributed by atoms with van der Waals surface area (Å²) < 4.78 is 12.2. The van der Waals surface area contributed by atoms with Gasteiger partial charge in [0.05, 0.1) is 13.2 Å². The Kier molecular flexibility index (Phi) is 3.74. The molecule has 3 rings (SSSR count). The minimum atomic E-state index is -0.360. The fourth-order valence-electron chi connectivity index (χ4n) is 2.43. The lowest BCUT2D eigenvalue weighted by Crippen LogP contribution is -2.12. The molecule has 1 aromatic heterocycles. The number of nitrogens with two attached hydrogens (primary N) is 1. The van der Waals surface area contributed by atoms with Gasteiger partial charge in [-0.15, -0.1) is 0 Å². The van der Waals surface area contributed by atoms with Gasteiger partial charge in [0.2, 0.25) is 0 Å². The molecular formula is C17H16BrNO2. The Morgan fingerprint density at radius 2 is 1.95 bits per heavy atom. The van der Waals surface area contributed by atoms with Crippen molar-refractivity contribution < 1.29 is 9.15 Å². The predicted octanol–water partition coefficient (Wildman–Crippen LogP) is 4.56. The molecule has 0 fully saturated rings. The monoisotopic (exact) mass is 345 g/mol. The maximum atomic E-state index is 6.36. The third kappa shape index (κ3) is 2.69. The van der Waals surface area contributed by atoms with Crippen LogP contribution in [0.25, 0.3) is 11.0 Å². The number of fused-ring (bicyclic) bond motifs is 1. The lowest BCUT2D eigenvalue weighted by molar-refractivity contribution is 0.404. The molecule has 2 N–H and O–H groups in total. The van der Waals surface area contributed by atoms with Gasteiger partial charge in [0, 0.05) is 15.4 Å². The summed E-state index contributed by atoms with van der Waals surface area (Å²) in [4.78, 5) is 0. The van der Waals surface area contributed by atoms with Gasteiger partial charge in [-0.1, -0.05) is 33.6 Å². The Morgan fingerprint density at radius 3 is 2.71 bits per heavy atom. The van der Waals surface area contributed by atoms with Gasteiger partial charge in [-0.25, -0.2) is 0 Å². The van der Waals surface area contributed by atoms with Crippen molar-refractivity contribution in [2.24, 2.45) is 5.73 Å². The maximum absolute atomic E-state index is 6.36. The third-order valence-corrected chi connectivity index (χ3v) is 4.02. The van der Waals surface area contributed by atoms with Gasteiger partial charge < -0.3 is 14.9 Å². The van der Waals surface area contributed by atoms with Crippen molar-refractivity contribution >= 4 is 26.9 Å². The van der Waals surface area contributed by atoms with Crippen molar-refractivity contribution in [1.82, 2.24) is 0 Å². The lowest BCUT2D eigenvalue weighted by Gasteiger charge is -2.14. The summed E-state index contributed by atoms with van der Waals surface area (Å²) in [5, 5.41) is 1.07. The van der Waals surface area contributed by atoms with Gasteiger partial charge >= 0.3 is 0 Å². The van der Waals surface area contributed by atoms with Gasteiger partial charge in [0.25, 0.3) is 0 Å². The van der Waals surface area contributed by atoms with Crippen LogP contribution in [-0.2, 0) is 0 Å². The van der Waals surface area contributed by atoms with E-state index in [4.69, 9.17) is 14.9 Å². The Bertz CT molecular complexity index is 795. The van der Waals surface area contributed by atoms with Crippen LogP contribution in [-0.4, -0.2) is 7.11 Å². The molecule has 3 nitrogen and oxygen atoms in total. The molecule has 0 aliphatic carbocycles. The summed E-state index contributed by atoms with van der Waals surface area (Å²) in [6.45, 7) is 2.06. The normalized spacial score (nSPS) is 12.6. The summed E-state index contributed by atoms with van der Waals surface area (Å²) in [7, 11) is 1.64. The average Bonchev–Trinajstić information content (AvgIpc) is 2.89. The summed E-state index contributed by atoms with van der Waals surface area (Å²) in [6.07, 6.45) is 0. The number of halogens is 1. The van der Waals surface area contributed by atoms with Crippen LogP contribution in [0.3, 0.4) is 0 Å². The summed E-state index contributed by atoms with van der Waals surface area (Å²) >= 11 is 3.43. The highest BCUT2D eigenvalue weighted by Crippen LogP contribution is 2.33. The molecule has 0 bridgehead atoms. The molecule has 0 spiro atoms. The first-order valence-electron chi connectivity index (χ1n) is 6.67. The molecule has 4 heteroatoms. The van der Waals surface area contributed by atoms with Crippen molar-refractivity contribution in [3.05, 3.63) is 63.8 Å². The average molecular weight is 346 g/mol. The van der Waals surface area contributed by atoms with Gasteiger partial charge in [0.15, 0.2) is 0 Å². The molecule has 0 amide bonds. The first-order valence-corrected chi connectivity index (χ1v) is 7.47. The summed E-state index contributed by atoms with van der Waals surface area (Å²) in [5.41, 5.74) is 9.30.